The van der Waals surface area contributed by atoms with Crippen LogP contribution in [0.15, 0.2) is 64.5 Å². The predicted molar refractivity (Wildman–Crippen MR) is 111 cm³/mol. The molecule has 0 atom stereocenters. The van der Waals surface area contributed by atoms with Gasteiger partial charge in [-0.05, 0) is 36.2 Å². The first-order chi connectivity index (χ1) is 13.6. The molecule has 0 N–H and O–H groups in total. The van der Waals surface area contributed by atoms with Crippen LogP contribution in [-0.4, -0.2) is 9.55 Å². The molecule has 0 bridgehead atoms. The number of benzene rings is 2. The highest BCUT2D eigenvalue weighted by Gasteiger charge is 2.15. The first-order valence-electron chi connectivity index (χ1n) is 8.73. The molecule has 4 aromatic rings. The SMILES string of the molecule is CCn1c(SCc2ccc(F)c(F)c2)nc2cc(-c3ccccc3)sc2c1=O. The molecular formula is C21H16F2N2OS2. The van der Waals surface area contributed by atoms with Crippen molar-refractivity contribution in [3.05, 3.63) is 82.1 Å². The monoisotopic (exact) mass is 414 g/mol. The Morgan fingerprint density at radius 1 is 1.07 bits per heavy atom. The van der Waals surface area contributed by atoms with Gasteiger partial charge in [-0.3, -0.25) is 9.36 Å². The number of hydrogen-bond donors (Lipinski definition) is 0. The maximum Gasteiger partial charge on any atom is 0.272 e. The van der Waals surface area contributed by atoms with Crippen LogP contribution in [0.5, 0.6) is 0 Å². The molecule has 3 nitrogen and oxygen atoms in total. The second-order valence-electron chi connectivity index (χ2n) is 6.17. The van der Waals surface area contributed by atoms with Crippen LogP contribution in [0.25, 0.3) is 20.7 Å². The molecule has 2 aromatic carbocycles. The third kappa shape index (κ3) is 3.59. The Morgan fingerprint density at radius 2 is 1.86 bits per heavy atom. The second-order valence-corrected chi connectivity index (χ2v) is 8.17. The average Bonchev–Trinajstić information content (AvgIpc) is 3.14. The van der Waals surface area contributed by atoms with Crippen LogP contribution in [0, 0.1) is 11.6 Å². The van der Waals surface area contributed by atoms with Gasteiger partial charge in [0.05, 0.1) is 5.52 Å². The maximum absolute atomic E-state index is 13.4. The molecule has 7 heteroatoms. The summed E-state index contributed by atoms with van der Waals surface area (Å²) in [7, 11) is 0. The molecule has 2 heterocycles. The van der Waals surface area contributed by atoms with E-state index in [1.165, 1.54) is 35.2 Å². The van der Waals surface area contributed by atoms with Crippen LogP contribution in [0.4, 0.5) is 8.78 Å². The van der Waals surface area contributed by atoms with Crippen molar-refractivity contribution in [2.75, 3.05) is 0 Å². The number of hydrogen-bond acceptors (Lipinski definition) is 4. The van der Waals surface area contributed by atoms with Crippen molar-refractivity contribution in [2.45, 2.75) is 24.4 Å². The minimum Gasteiger partial charge on any atom is -0.287 e. The molecule has 0 radical (unpaired) electrons. The fourth-order valence-corrected chi connectivity index (χ4v) is 4.96. The average molecular weight is 415 g/mol. The summed E-state index contributed by atoms with van der Waals surface area (Å²) < 4.78 is 28.8. The number of rotatable bonds is 5. The lowest BCUT2D eigenvalue weighted by Crippen LogP contribution is -2.21. The molecular weight excluding hydrogens is 398 g/mol. The minimum absolute atomic E-state index is 0.0764. The molecule has 0 amide bonds. The molecule has 4 rings (SSSR count). The molecule has 0 aliphatic carbocycles. The Bertz CT molecular complexity index is 1200. The fourth-order valence-electron chi connectivity index (χ4n) is 2.90. The zero-order chi connectivity index (χ0) is 19.7. The quantitative estimate of drug-likeness (QED) is 0.310. The molecule has 142 valence electrons. The molecule has 28 heavy (non-hydrogen) atoms. The Kier molecular flexibility index (Phi) is 5.28. The van der Waals surface area contributed by atoms with Gasteiger partial charge in [0.2, 0.25) is 0 Å². The van der Waals surface area contributed by atoms with Crippen LogP contribution < -0.4 is 5.56 Å². The second kappa shape index (κ2) is 7.85. The highest BCUT2D eigenvalue weighted by molar-refractivity contribution is 7.98. The Morgan fingerprint density at radius 3 is 2.57 bits per heavy atom. The summed E-state index contributed by atoms with van der Waals surface area (Å²) in [5.74, 6) is -1.35. The maximum atomic E-state index is 13.4. The van der Waals surface area contributed by atoms with Gasteiger partial charge in [-0.2, -0.15) is 0 Å². The molecule has 0 spiro atoms. The van der Waals surface area contributed by atoms with Gasteiger partial charge in [0, 0.05) is 17.2 Å². The van der Waals surface area contributed by atoms with Gasteiger partial charge in [-0.1, -0.05) is 48.2 Å². The van der Waals surface area contributed by atoms with E-state index in [9.17, 15) is 13.6 Å². The molecule has 2 aromatic heterocycles. The first kappa shape index (κ1) is 18.8. The van der Waals surface area contributed by atoms with Gasteiger partial charge in [-0.25, -0.2) is 13.8 Å². The van der Waals surface area contributed by atoms with Crippen LogP contribution in [-0.2, 0) is 12.3 Å². The van der Waals surface area contributed by atoms with Crippen molar-refractivity contribution >= 4 is 33.3 Å². The van der Waals surface area contributed by atoms with Gasteiger partial charge < -0.3 is 0 Å². The topological polar surface area (TPSA) is 34.9 Å². The number of aromatic nitrogens is 2. The lowest BCUT2D eigenvalue weighted by atomic mass is 10.2. The number of thiophene rings is 1. The zero-order valence-electron chi connectivity index (χ0n) is 15.0. The van der Waals surface area contributed by atoms with E-state index in [4.69, 9.17) is 0 Å². The summed E-state index contributed by atoms with van der Waals surface area (Å²) in [6.07, 6.45) is 0. The summed E-state index contributed by atoms with van der Waals surface area (Å²) >= 11 is 2.78. The summed E-state index contributed by atoms with van der Waals surface area (Å²) in [5, 5.41) is 0.571. The van der Waals surface area contributed by atoms with Crippen LogP contribution in [0.2, 0.25) is 0 Å². The molecule has 0 saturated heterocycles. The fraction of sp³-hybridized carbons (Fsp3) is 0.143. The molecule has 0 unspecified atom stereocenters. The smallest absolute Gasteiger partial charge is 0.272 e. The summed E-state index contributed by atoms with van der Waals surface area (Å²) in [6.45, 7) is 2.38. The lowest BCUT2D eigenvalue weighted by molar-refractivity contribution is 0.507. The van der Waals surface area contributed by atoms with E-state index in [0.29, 0.717) is 33.2 Å². The van der Waals surface area contributed by atoms with Crippen molar-refractivity contribution in [3.8, 4) is 10.4 Å². The normalized spacial score (nSPS) is 11.2. The third-order valence-electron chi connectivity index (χ3n) is 4.33. The van der Waals surface area contributed by atoms with E-state index in [1.54, 1.807) is 4.57 Å². The predicted octanol–water partition coefficient (Wildman–Crippen LogP) is 5.72. The van der Waals surface area contributed by atoms with Crippen LogP contribution >= 0.6 is 23.1 Å². The Hall–Kier alpha value is -2.51. The van der Waals surface area contributed by atoms with Crippen LogP contribution in [0.1, 0.15) is 12.5 Å². The van der Waals surface area contributed by atoms with Gasteiger partial charge in [0.1, 0.15) is 4.70 Å². The summed E-state index contributed by atoms with van der Waals surface area (Å²) in [6, 6.07) is 15.6. The molecule has 0 fully saturated rings. The Balaban J connectivity index is 1.71. The molecule has 0 saturated carbocycles. The first-order valence-corrected chi connectivity index (χ1v) is 10.5. The molecule has 0 aliphatic heterocycles. The molecule has 0 aliphatic rings. The summed E-state index contributed by atoms with van der Waals surface area (Å²) in [5.41, 5.74) is 2.26. The van der Waals surface area contributed by atoms with Crippen molar-refractivity contribution in [1.29, 1.82) is 0 Å². The van der Waals surface area contributed by atoms with E-state index < -0.39 is 11.6 Å². The minimum atomic E-state index is -0.875. The van der Waals surface area contributed by atoms with E-state index in [0.717, 1.165) is 16.5 Å². The lowest BCUT2D eigenvalue weighted by Gasteiger charge is -2.09. The van der Waals surface area contributed by atoms with E-state index in [-0.39, 0.29) is 5.56 Å². The number of fused-ring (bicyclic) bond motifs is 1. The van der Waals surface area contributed by atoms with E-state index in [2.05, 4.69) is 4.98 Å². The van der Waals surface area contributed by atoms with Crippen molar-refractivity contribution in [3.63, 3.8) is 0 Å². The highest BCUT2D eigenvalue weighted by Crippen LogP contribution is 2.32. The largest absolute Gasteiger partial charge is 0.287 e. The highest BCUT2D eigenvalue weighted by atomic mass is 32.2. The van der Waals surface area contributed by atoms with Gasteiger partial charge >= 0.3 is 0 Å². The number of halogens is 2. The van der Waals surface area contributed by atoms with Gasteiger partial charge in [0.15, 0.2) is 16.8 Å². The zero-order valence-corrected chi connectivity index (χ0v) is 16.6. The van der Waals surface area contributed by atoms with Crippen molar-refractivity contribution in [2.24, 2.45) is 0 Å². The van der Waals surface area contributed by atoms with Gasteiger partial charge in [-0.15, -0.1) is 11.3 Å². The third-order valence-corrected chi connectivity index (χ3v) is 6.53. The van der Waals surface area contributed by atoms with E-state index >= 15 is 0 Å². The standard InChI is InChI=1S/C21H16F2N2OS2/c1-2-25-20(26)19-17(11-18(28-19)14-6-4-3-5-7-14)24-21(25)27-12-13-8-9-15(22)16(23)10-13/h3-11H,2,12H2,1H3. The van der Waals surface area contributed by atoms with Gasteiger partial charge in [0.25, 0.3) is 5.56 Å². The number of nitrogens with zero attached hydrogens (tertiary/aromatic N) is 2. The summed E-state index contributed by atoms with van der Waals surface area (Å²) in [4.78, 5) is 18.6. The van der Waals surface area contributed by atoms with Crippen LogP contribution in [0.3, 0.4) is 0 Å². The Labute approximate surface area is 168 Å². The van der Waals surface area contributed by atoms with Crippen molar-refractivity contribution < 1.29 is 8.78 Å². The van der Waals surface area contributed by atoms with Crippen molar-refractivity contribution in [1.82, 2.24) is 9.55 Å². The number of thioether (sulfide) groups is 1. The van der Waals surface area contributed by atoms with E-state index in [1.807, 2.05) is 43.3 Å².